The number of halogens is 2. The Hall–Kier alpha value is -3.40. The number of carbonyl (C=O) groups is 1. The first kappa shape index (κ1) is 30.1. The highest BCUT2D eigenvalue weighted by Gasteiger charge is 2.33. The molecule has 11 heteroatoms. The second-order valence-electron chi connectivity index (χ2n) is 10.5. The fraction of sp³-hybridized carbons (Fsp3) is 0.419. The van der Waals surface area contributed by atoms with E-state index in [1.54, 1.807) is 25.3 Å². The zero-order chi connectivity index (χ0) is 29.8. The van der Waals surface area contributed by atoms with Gasteiger partial charge in [0, 0.05) is 35.7 Å². The second-order valence-corrected chi connectivity index (χ2v) is 11.3. The van der Waals surface area contributed by atoms with Gasteiger partial charge in [-0.25, -0.2) is 14.8 Å². The predicted molar refractivity (Wildman–Crippen MR) is 165 cm³/mol. The van der Waals surface area contributed by atoms with Crippen molar-refractivity contribution in [2.45, 2.75) is 70.5 Å². The molecule has 1 aliphatic rings. The summed E-state index contributed by atoms with van der Waals surface area (Å²) in [5, 5.41) is 12.8. The number of nitrogens with zero attached hydrogens (tertiary/aromatic N) is 3. The number of hydrogen-bond donors (Lipinski definition) is 2. The van der Waals surface area contributed by atoms with Crippen molar-refractivity contribution in [1.82, 2.24) is 20.4 Å². The third-order valence-electron chi connectivity index (χ3n) is 7.68. The lowest BCUT2D eigenvalue weighted by Crippen LogP contribution is -2.35. The zero-order valence-electron chi connectivity index (χ0n) is 24.2. The second kappa shape index (κ2) is 13.3. The highest BCUT2D eigenvalue weighted by atomic mass is 35.5. The molecule has 5 rings (SSSR count). The molecular weight excluding hydrogens is 577 g/mol. The van der Waals surface area contributed by atoms with Crippen LogP contribution in [0.25, 0.3) is 22.3 Å². The lowest BCUT2D eigenvalue weighted by Gasteiger charge is -2.25. The summed E-state index contributed by atoms with van der Waals surface area (Å²) >= 11 is 13.1. The number of rotatable bonds is 13. The molecule has 0 amide bonds. The van der Waals surface area contributed by atoms with E-state index < -0.39 is 5.97 Å². The standard InChI is InChI=1S/C31H35Cl2N5O4/c1-5-19(34-16-21-27(38-42-28(21)17-10-11-17)26-22(32)8-7-9-23(26)33)15-20(6-2)35-29-30(40-3)37-25-14-18(31(39)41-4)12-13-24(25)36-29/h7-9,12-14,17,19-20,34H,5-6,10-11,15-16H2,1-4H3,(H,35,36). The van der Waals surface area contributed by atoms with Crippen LogP contribution in [0, 0.1) is 0 Å². The SMILES string of the molecule is CCC(CC(CC)Nc1nc2ccc(C(=O)OC)cc2nc1OC)NCc1c(-c2c(Cl)cccc2Cl)noc1C1CC1. The smallest absolute Gasteiger partial charge is 0.337 e. The fourth-order valence-electron chi connectivity index (χ4n) is 5.10. The first-order valence-electron chi connectivity index (χ1n) is 14.2. The van der Waals surface area contributed by atoms with E-state index in [9.17, 15) is 4.79 Å². The van der Waals surface area contributed by atoms with Crippen LogP contribution in [0.4, 0.5) is 5.82 Å². The van der Waals surface area contributed by atoms with Crippen LogP contribution in [0.3, 0.4) is 0 Å². The Kier molecular flexibility index (Phi) is 9.50. The Morgan fingerprint density at radius 3 is 2.43 bits per heavy atom. The van der Waals surface area contributed by atoms with E-state index in [4.69, 9.17) is 42.2 Å². The minimum Gasteiger partial charge on any atom is -0.478 e. The highest BCUT2D eigenvalue weighted by molar-refractivity contribution is 6.39. The summed E-state index contributed by atoms with van der Waals surface area (Å²) < 4.78 is 16.2. The Bertz CT molecular complexity index is 1550. The lowest BCUT2D eigenvalue weighted by atomic mass is 10.0. The van der Waals surface area contributed by atoms with Crippen molar-refractivity contribution < 1.29 is 18.8 Å². The minimum absolute atomic E-state index is 0.0975. The largest absolute Gasteiger partial charge is 0.478 e. The van der Waals surface area contributed by atoms with Crippen LogP contribution in [0.5, 0.6) is 5.88 Å². The molecule has 1 saturated carbocycles. The van der Waals surface area contributed by atoms with E-state index in [-0.39, 0.29) is 12.1 Å². The first-order valence-corrected chi connectivity index (χ1v) is 15.0. The average molecular weight is 613 g/mol. The summed E-state index contributed by atoms with van der Waals surface area (Å²) in [6, 6.07) is 10.8. The normalized spacial score (nSPS) is 14.5. The van der Waals surface area contributed by atoms with E-state index in [0.29, 0.717) is 62.1 Å². The topological polar surface area (TPSA) is 111 Å². The molecule has 0 radical (unpaired) electrons. The monoisotopic (exact) mass is 611 g/mol. The van der Waals surface area contributed by atoms with Gasteiger partial charge < -0.3 is 24.6 Å². The molecule has 9 nitrogen and oxygen atoms in total. The van der Waals surface area contributed by atoms with E-state index in [1.807, 2.05) is 18.2 Å². The molecule has 0 bridgehead atoms. The van der Waals surface area contributed by atoms with Crippen LogP contribution < -0.4 is 15.4 Å². The summed E-state index contributed by atoms with van der Waals surface area (Å²) in [6.07, 6.45) is 4.80. The number of methoxy groups -OCH3 is 2. The number of fused-ring (bicyclic) bond motifs is 1. The fourth-order valence-corrected chi connectivity index (χ4v) is 5.68. The molecule has 2 unspecified atom stereocenters. The number of benzene rings is 2. The Morgan fingerprint density at radius 1 is 1.05 bits per heavy atom. The molecule has 4 aromatic rings. The molecule has 222 valence electrons. The number of hydrogen-bond acceptors (Lipinski definition) is 9. The molecule has 0 saturated heterocycles. The van der Waals surface area contributed by atoms with Crippen LogP contribution in [0.1, 0.15) is 73.6 Å². The lowest BCUT2D eigenvalue weighted by molar-refractivity contribution is 0.0601. The number of ether oxygens (including phenoxy) is 2. The molecule has 2 atom stereocenters. The van der Waals surface area contributed by atoms with Gasteiger partial charge in [-0.15, -0.1) is 0 Å². The van der Waals surface area contributed by atoms with E-state index in [1.165, 1.54) is 7.11 Å². The molecule has 2 aromatic heterocycles. The maximum Gasteiger partial charge on any atom is 0.337 e. The van der Waals surface area contributed by atoms with E-state index in [0.717, 1.165) is 43.4 Å². The van der Waals surface area contributed by atoms with Crippen molar-refractivity contribution in [2.24, 2.45) is 0 Å². The summed E-state index contributed by atoms with van der Waals surface area (Å²) in [5.41, 5.74) is 4.03. The molecule has 1 aliphatic carbocycles. The van der Waals surface area contributed by atoms with Gasteiger partial charge in [0.1, 0.15) is 11.5 Å². The summed E-state index contributed by atoms with van der Waals surface area (Å²) in [7, 11) is 2.91. The van der Waals surface area contributed by atoms with Crippen molar-refractivity contribution in [3.8, 4) is 17.1 Å². The van der Waals surface area contributed by atoms with Crippen LogP contribution in [-0.4, -0.2) is 47.4 Å². The molecule has 2 N–H and O–H groups in total. The maximum absolute atomic E-state index is 12.0. The van der Waals surface area contributed by atoms with Gasteiger partial charge in [0.05, 0.1) is 40.9 Å². The number of esters is 1. The van der Waals surface area contributed by atoms with Gasteiger partial charge in [-0.1, -0.05) is 48.3 Å². The molecule has 2 heterocycles. The molecular formula is C31H35Cl2N5O4. The number of aromatic nitrogens is 3. The average Bonchev–Trinajstić information content (AvgIpc) is 3.77. The van der Waals surface area contributed by atoms with Crippen molar-refractivity contribution in [3.63, 3.8) is 0 Å². The molecule has 1 fully saturated rings. The van der Waals surface area contributed by atoms with Crippen LogP contribution in [0.2, 0.25) is 10.0 Å². The molecule has 42 heavy (non-hydrogen) atoms. The van der Waals surface area contributed by atoms with Gasteiger partial charge in [0.25, 0.3) is 5.88 Å². The van der Waals surface area contributed by atoms with E-state index >= 15 is 0 Å². The molecule has 0 spiro atoms. The van der Waals surface area contributed by atoms with Gasteiger partial charge in [-0.3, -0.25) is 0 Å². The van der Waals surface area contributed by atoms with Crippen LogP contribution >= 0.6 is 23.2 Å². The van der Waals surface area contributed by atoms with Crippen molar-refractivity contribution >= 4 is 46.0 Å². The predicted octanol–water partition coefficient (Wildman–Crippen LogP) is 7.41. The third-order valence-corrected chi connectivity index (χ3v) is 8.31. The van der Waals surface area contributed by atoms with Crippen molar-refractivity contribution in [2.75, 3.05) is 19.5 Å². The van der Waals surface area contributed by atoms with Crippen LogP contribution in [-0.2, 0) is 11.3 Å². The van der Waals surface area contributed by atoms with Gasteiger partial charge in [-0.05, 0) is 62.4 Å². The zero-order valence-corrected chi connectivity index (χ0v) is 25.7. The van der Waals surface area contributed by atoms with Crippen molar-refractivity contribution in [1.29, 1.82) is 0 Å². The van der Waals surface area contributed by atoms with Gasteiger partial charge in [0.15, 0.2) is 5.82 Å². The maximum atomic E-state index is 12.0. The summed E-state index contributed by atoms with van der Waals surface area (Å²) in [6.45, 7) is 4.89. The third kappa shape index (κ3) is 6.48. The first-order chi connectivity index (χ1) is 20.4. The summed E-state index contributed by atoms with van der Waals surface area (Å²) in [5.74, 6) is 1.80. The number of carbonyl (C=O) groups excluding carboxylic acids is 1. The summed E-state index contributed by atoms with van der Waals surface area (Å²) in [4.78, 5) is 21.3. The highest BCUT2D eigenvalue weighted by Crippen LogP contribution is 2.46. The Labute approximate surface area is 255 Å². The van der Waals surface area contributed by atoms with Gasteiger partial charge in [0.2, 0.25) is 0 Å². The number of anilines is 1. The van der Waals surface area contributed by atoms with Crippen molar-refractivity contribution in [3.05, 3.63) is 63.3 Å². The Balaban J connectivity index is 1.33. The number of nitrogens with one attached hydrogen (secondary N) is 2. The van der Waals surface area contributed by atoms with E-state index in [2.05, 4.69) is 34.6 Å². The molecule has 0 aliphatic heterocycles. The van der Waals surface area contributed by atoms with Crippen LogP contribution in [0.15, 0.2) is 40.9 Å². The quantitative estimate of drug-likeness (QED) is 0.149. The minimum atomic E-state index is -0.429. The molecule has 2 aromatic carbocycles. The Morgan fingerprint density at radius 2 is 1.79 bits per heavy atom. The van der Waals surface area contributed by atoms with Gasteiger partial charge >= 0.3 is 5.97 Å². The van der Waals surface area contributed by atoms with Gasteiger partial charge in [-0.2, -0.15) is 0 Å².